The van der Waals surface area contributed by atoms with Crippen molar-refractivity contribution in [3.8, 4) is 0 Å². The molecule has 0 saturated carbocycles. The summed E-state index contributed by atoms with van der Waals surface area (Å²) in [6.07, 6.45) is 3.83. The molecule has 0 saturated heterocycles. The number of carboxylic acid groups (broad SMARTS) is 1. The largest absolute Gasteiger partial charge is 0.478 e. The number of methoxy groups -OCH3 is 1. The second-order valence-electron chi connectivity index (χ2n) is 7.49. The Balaban J connectivity index is 1.67. The molecule has 0 aliphatic carbocycles. The van der Waals surface area contributed by atoms with Crippen molar-refractivity contribution < 1.29 is 19.4 Å². The number of fused-ring (bicyclic) bond motifs is 1. The maximum absolute atomic E-state index is 11.9. The maximum atomic E-state index is 11.9. The van der Waals surface area contributed by atoms with Crippen LogP contribution in [0, 0.1) is 6.92 Å². The fraction of sp³-hybridized carbons (Fsp3) is 0.115. The Labute approximate surface area is 185 Å². The van der Waals surface area contributed by atoms with E-state index in [1.807, 2.05) is 55.6 Å². The lowest BCUT2D eigenvalue weighted by Gasteiger charge is -2.07. The standard InChI is InChI=1S/C26H22N2O4/c1-17-12-19(25(29)30)10-11-23(17)27-14-21-16-28(24-9-4-3-8-22(21)24)15-18-6-5-7-20(13-18)26(31)32-2/h3-14,16H,15H2,1-2H3,(H,29,30). The quantitative estimate of drug-likeness (QED) is 0.338. The Bertz CT molecular complexity index is 1350. The first kappa shape index (κ1) is 21.1. The van der Waals surface area contributed by atoms with Gasteiger partial charge in [-0.2, -0.15) is 0 Å². The summed E-state index contributed by atoms with van der Waals surface area (Å²) in [5.41, 5.74) is 5.26. The first-order valence-electron chi connectivity index (χ1n) is 10.1. The van der Waals surface area contributed by atoms with E-state index in [-0.39, 0.29) is 11.5 Å². The summed E-state index contributed by atoms with van der Waals surface area (Å²) in [5, 5.41) is 10.2. The average molecular weight is 426 g/mol. The second-order valence-corrected chi connectivity index (χ2v) is 7.49. The van der Waals surface area contributed by atoms with Gasteiger partial charge in [0.15, 0.2) is 0 Å². The number of hydrogen-bond donors (Lipinski definition) is 1. The van der Waals surface area contributed by atoms with Gasteiger partial charge in [-0.3, -0.25) is 4.99 Å². The van der Waals surface area contributed by atoms with Crippen LogP contribution in [0.4, 0.5) is 5.69 Å². The number of carbonyl (C=O) groups excluding carboxylic acids is 1. The highest BCUT2D eigenvalue weighted by atomic mass is 16.5. The summed E-state index contributed by atoms with van der Waals surface area (Å²) in [5.74, 6) is -1.32. The van der Waals surface area contributed by atoms with Gasteiger partial charge in [0.25, 0.3) is 0 Å². The van der Waals surface area contributed by atoms with E-state index >= 15 is 0 Å². The predicted molar refractivity (Wildman–Crippen MR) is 124 cm³/mol. The van der Waals surface area contributed by atoms with Gasteiger partial charge < -0.3 is 14.4 Å². The molecule has 4 aromatic rings. The van der Waals surface area contributed by atoms with Crippen molar-refractivity contribution in [3.63, 3.8) is 0 Å². The zero-order valence-corrected chi connectivity index (χ0v) is 17.8. The lowest BCUT2D eigenvalue weighted by atomic mass is 10.1. The minimum atomic E-state index is -0.956. The Morgan fingerprint density at radius 2 is 1.84 bits per heavy atom. The van der Waals surface area contributed by atoms with Gasteiger partial charge in [-0.05, 0) is 54.4 Å². The van der Waals surface area contributed by atoms with Crippen molar-refractivity contribution in [1.82, 2.24) is 4.57 Å². The average Bonchev–Trinajstić information content (AvgIpc) is 3.15. The van der Waals surface area contributed by atoms with E-state index in [9.17, 15) is 9.59 Å². The molecule has 0 amide bonds. The highest BCUT2D eigenvalue weighted by Gasteiger charge is 2.10. The number of ether oxygens (including phenoxy) is 1. The molecule has 0 spiro atoms. The molecule has 0 radical (unpaired) electrons. The van der Waals surface area contributed by atoms with Crippen LogP contribution >= 0.6 is 0 Å². The molecule has 160 valence electrons. The lowest BCUT2D eigenvalue weighted by Crippen LogP contribution is -2.03. The fourth-order valence-corrected chi connectivity index (χ4v) is 3.69. The number of aryl methyl sites for hydroxylation is 1. The van der Waals surface area contributed by atoms with Crippen LogP contribution in [0.3, 0.4) is 0 Å². The number of aliphatic imine (C=N–C) groups is 1. The third-order valence-electron chi connectivity index (χ3n) is 5.31. The third kappa shape index (κ3) is 4.30. The highest BCUT2D eigenvalue weighted by molar-refractivity contribution is 6.00. The summed E-state index contributed by atoms with van der Waals surface area (Å²) in [6, 6.07) is 20.3. The molecule has 0 aliphatic rings. The number of rotatable bonds is 6. The van der Waals surface area contributed by atoms with Crippen LogP contribution in [0.15, 0.2) is 77.9 Å². The molecule has 1 heterocycles. The van der Waals surface area contributed by atoms with Gasteiger partial charge >= 0.3 is 11.9 Å². The summed E-state index contributed by atoms with van der Waals surface area (Å²) < 4.78 is 6.94. The molecule has 0 unspecified atom stereocenters. The highest BCUT2D eigenvalue weighted by Crippen LogP contribution is 2.24. The zero-order valence-electron chi connectivity index (χ0n) is 17.8. The Morgan fingerprint density at radius 3 is 2.59 bits per heavy atom. The van der Waals surface area contributed by atoms with Gasteiger partial charge in [-0.1, -0.05) is 30.3 Å². The van der Waals surface area contributed by atoms with E-state index in [0.717, 1.165) is 33.3 Å². The molecule has 0 fully saturated rings. The minimum Gasteiger partial charge on any atom is -0.478 e. The molecule has 3 aromatic carbocycles. The summed E-state index contributed by atoms with van der Waals surface area (Å²) in [7, 11) is 1.37. The van der Waals surface area contributed by atoms with Gasteiger partial charge in [-0.25, -0.2) is 9.59 Å². The lowest BCUT2D eigenvalue weighted by molar-refractivity contribution is 0.0599. The van der Waals surface area contributed by atoms with Crippen LogP contribution in [0.25, 0.3) is 10.9 Å². The van der Waals surface area contributed by atoms with Gasteiger partial charge in [0.1, 0.15) is 0 Å². The first-order valence-corrected chi connectivity index (χ1v) is 10.1. The smallest absolute Gasteiger partial charge is 0.337 e. The second kappa shape index (κ2) is 8.89. The van der Waals surface area contributed by atoms with Crippen molar-refractivity contribution in [3.05, 3.63) is 101 Å². The molecule has 1 N–H and O–H groups in total. The van der Waals surface area contributed by atoms with E-state index in [0.29, 0.717) is 12.1 Å². The van der Waals surface area contributed by atoms with Crippen molar-refractivity contribution in [2.45, 2.75) is 13.5 Å². The van der Waals surface area contributed by atoms with Crippen LogP contribution in [0.1, 0.15) is 37.4 Å². The van der Waals surface area contributed by atoms with Crippen molar-refractivity contribution in [2.24, 2.45) is 4.99 Å². The number of esters is 1. The molecule has 0 bridgehead atoms. The number of carboxylic acids is 1. The number of aromatic nitrogens is 1. The van der Waals surface area contributed by atoms with Crippen LogP contribution in [0.5, 0.6) is 0 Å². The van der Waals surface area contributed by atoms with E-state index in [1.165, 1.54) is 7.11 Å². The SMILES string of the molecule is COC(=O)c1cccc(Cn2cc(C=Nc3ccc(C(=O)O)cc3C)c3ccccc32)c1. The number of hydrogen-bond acceptors (Lipinski definition) is 4. The third-order valence-corrected chi connectivity index (χ3v) is 5.31. The molecule has 32 heavy (non-hydrogen) atoms. The van der Waals surface area contributed by atoms with Gasteiger partial charge in [0.2, 0.25) is 0 Å². The van der Waals surface area contributed by atoms with E-state index < -0.39 is 5.97 Å². The molecule has 0 aliphatic heterocycles. The summed E-state index contributed by atoms with van der Waals surface area (Å²) in [6.45, 7) is 2.43. The number of aromatic carboxylic acids is 1. The van der Waals surface area contributed by atoms with Crippen molar-refractivity contribution in [1.29, 1.82) is 0 Å². The topological polar surface area (TPSA) is 80.9 Å². The molecule has 4 rings (SSSR count). The fourth-order valence-electron chi connectivity index (χ4n) is 3.69. The molecule has 1 aromatic heterocycles. The predicted octanol–water partition coefficient (Wildman–Crippen LogP) is 5.23. The van der Waals surface area contributed by atoms with E-state index in [1.54, 1.807) is 30.5 Å². The number of para-hydroxylation sites is 1. The van der Waals surface area contributed by atoms with Crippen LogP contribution in [0.2, 0.25) is 0 Å². The number of carbonyl (C=O) groups is 2. The Kier molecular flexibility index (Phi) is 5.85. The Morgan fingerprint density at radius 1 is 1.03 bits per heavy atom. The van der Waals surface area contributed by atoms with Crippen LogP contribution < -0.4 is 0 Å². The minimum absolute atomic E-state index is 0.243. The molecule has 0 atom stereocenters. The maximum Gasteiger partial charge on any atom is 0.337 e. The number of nitrogens with zero attached hydrogens (tertiary/aromatic N) is 2. The van der Waals surface area contributed by atoms with Crippen LogP contribution in [-0.2, 0) is 11.3 Å². The number of benzene rings is 3. The van der Waals surface area contributed by atoms with Crippen molar-refractivity contribution in [2.75, 3.05) is 7.11 Å². The van der Waals surface area contributed by atoms with Gasteiger partial charge in [-0.15, -0.1) is 0 Å². The summed E-state index contributed by atoms with van der Waals surface area (Å²) >= 11 is 0. The van der Waals surface area contributed by atoms with Crippen molar-refractivity contribution >= 4 is 34.7 Å². The molecule has 6 heteroatoms. The molecule has 6 nitrogen and oxygen atoms in total. The van der Waals surface area contributed by atoms with Gasteiger partial charge in [0.05, 0.1) is 23.9 Å². The Hall–Kier alpha value is -4.19. The zero-order chi connectivity index (χ0) is 22.7. The molecular weight excluding hydrogens is 404 g/mol. The normalized spacial score (nSPS) is 11.2. The van der Waals surface area contributed by atoms with E-state index in [2.05, 4.69) is 9.56 Å². The van der Waals surface area contributed by atoms with E-state index in [4.69, 9.17) is 9.84 Å². The molecular formula is C26H22N2O4. The monoisotopic (exact) mass is 426 g/mol. The first-order chi connectivity index (χ1) is 15.5. The summed E-state index contributed by atoms with van der Waals surface area (Å²) in [4.78, 5) is 27.6. The van der Waals surface area contributed by atoms with Gasteiger partial charge in [0, 0.05) is 35.4 Å². The van der Waals surface area contributed by atoms with Crippen LogP contribution in [-0.4, -0.2) is 34.9 Å².